The van der Waals surface area contributed by atoms with E-state index in [9.17, 15) is 0 Å². The van der Waals surface area contributed by atoms with Gasteiger partial charge in [-0.15, -0.1) is 11.3 Å². The van der Waals surface area contributed by atoms with Gasteiger partial charge in [-0.2, -0.15) is 0 Å². The zero-order valence-corrected chi connectivity index (χ0v) is 26.5. The summed E-state index contributed by atoms with van der Waals surface area (Å²) >= 11 is 1.75. The van der Waals surface area contributed by atoms with Gasteiger partial charge in [0.15, 0.2) is 0 Å². The SMILES string of the molecule is C[SH]12(C)c3ccccc3-c3cc4c(ccc5c4c4ccccc4n5-c4nc(-c5ccccc5)c5c(n4)sc4ccccc45)c1c32. The van der Waals surface area contributed by atoms with Crippen molar-refractivity contribution in [2.45, 2.75) is 14.7 Å². The molecule has 5 heterocycles. The molecule has 0 fully saturated rings. The summed E-state index contributed by atoms with van der Waals surface area (Å²) in [6.07, 6.45) is 5.11. The largest absolute Gasteiger partial charge is 0.278 e. The van der Waals surface area contributed by atoms with Gasteiger partial charge in [0, 0.05) is 41.6 Å². The average molecular weight is 614 g/mol. The maximum absolute atomic E-state index is 5.40. The topological polar surface area (TPSA) is 30.7 Å². The lowest BCUT2D eigenvalue weighted by Gasteiger charge is -2.36. The zero-order chi connectivity index (χ0) is 29.7. The number of rotatable bonds is 2. The second-order valence-electron chi connectivity index (χ2n) is 13.2. The summed E-state index contributed by atoms with van der Waals surface area (Å²) in [5, 5.41) is 7.62. The second kappa shape index (κ2) is 7.81. The molecule has 3 aromatic heterocycles. The monoisotopic (exact) mass is 613 g/mol. The first-order valence-corrected chi connectivity index (χ1v) is 19.4. The first kappa shape index (κ1) is 24.4. The number of fused-ring (bicyclic) bond motifs is 13. The van der Waals surface area contributed by atoms with Gasteiger partial charge in [-0.3, -0.25) is 4.57 Å². The van der Waals surface area contributed by atoms with Gasteiger partial charge in [0.2, 0.25) is 5.95 Å². The average Bonchev–Trinajstić information content (AvgIpc) is 3.35. The third-order valence-corrected chi connectivity index (χ3v) is 16.9. The number of para-hydroxylation sites is 1. The van der Waals surface area contributed by atoms with Crippen LogP contribution >= 0.6 is 20.5 Å². The molecule has 0 bridgehead atoms. The first-order valence-electron chi connectivity index (χ1n) is 15.4. The predicted molar refractivity (Wildman–Crippen MR) is 193 cm³/mol. The molecule has 2 aliphatic heterocycles. The molecule has 0 spiro atoms. The lowest BCUT2D eigenvalue weighted by atomic mass is 9.98. The maximum Gasteiger partial charge on any atom is 0.236 e. The number of thiol groups is 1. The quantitative estimate of drug-likeness (QED) is 0.155. The second-order valence-corrected chi connectivity index (χ2v) is 19.8. The Morgan fingerprint density at radius 3 is 2.22 bits per heavy atom. The minimum atomic E-state index is -2.24. The normalized spacial score (nSPS) is 16.3. The fourth-order valence-electron chi connectivity index (χ4n) is 8.59. The Morgan fingerprint density at radius 2 is 1.33 bits per heavy atom. The Labute approximate surface area is 263 Å². The zero-order valence-electron chi connectivity index (χ0n) is 24.7. The Hall–Kier alpha value is -4.97. The number of aromatic nitrogens is 3. The van der Waals surface area contributed by atoms with Crippen LogP contribution in [-0.4, -0.2) is 27.0 Å². The summed E-state index contributed by atoms with van der Waals surface area (Å²) < 4.78 is 3.52. The molecule has 3 nitrogen and oxygen atoms in total. The number of thiophene rings is 1. The van der Waals surface area contributed by atoms with Crippen molar-refractivity contribution in [1.82, 2.24) is 14.5 Å². The summed E-state index contributed by atoms with van der Waals surface area (Å²) in [6, 6.07) is 44.2. The molecule has 45 heavy (non-hydrogen) atoms. The van der Waals surface area contributed by atoms with Crippen LogP contribution in [-0.2, 0) is 0 Å². The number of benzene rings is 6. The van der Waals surface area contributed by atoms with Crippen LogP contribution in [0.25, 0.3) is 81.2 Å². The van der Waals surface area contributed by atoms with E-state index in [4.69, 9.17) is 9.97 Å². The molecule has 2 aliphatic rings. The van der Waals surface area contributed by atoms with Gasteiger partial charge in [-0.25, -0.2) is 19.1 Å². The van der Waals surface area contributed by atoms with E-state index in [0.29, 0.717) is 5.95 Å². The molecule has 9 aromatic rings. The van der Waals surface area contributed by atoms with Gasteiger partial charge in [-0.1, -0.05) is 97.1 Å². The molecule has 5 heteroatoms. The summed E-state index contributed by atoms with van der Waals surface area (Å²) in [7, 11) is -2.24. The van der Waals surface area contributed by atoms with Crippen molar-refractivity contribution in [2.24, 2.45) is 0 Å². The van der Waals surface area contributed by atoms with E-state index in [0.717, 1.165) is 32.5 Å². The van der Waals surface area contributed by atoms with Crippen LogP contribution in [0.4, 0.5) is 0 Å². The predicted octanol–water partition coefficient (Wildman–Crippen LogP) is 10.9. The molecule has 6 aromatic carbocycles. The molecule has 0 aliphatic carbocycles. The molecular weight excluding hydrogens is 587 g/mol. The minimum absolute atomic E-state index is 0.716. The van der Waals surface area contributed by atoms with E-state index < -0.39 is 9.16 Å². The summed E-state index contributed by atoms with van der Waals surface area (Å²) in [6.45, 7) is 0. The lowest BCUT2D eigenvalue weighted by Crippen LogP contribution is -2.02. The molecule has 11 rings (SSSR count). The number of hydrogen-bond acceptors (Lipinski definition) is 3. The molecule has 0 saturated carbocycles. The van der Waals surface area contributed by atoms with E-state index in [1.54, 1.807) is 26.0 Å². The van der Waals surface area contributed by atoms with Crippen molar-refractivity contribution in [3.05, 3.63) is 121 Å². The minimum Gasteiger partial charge on any atom is -0.278 e. The van der Waals surface area contributed by atoms with Gasteiger partial charge >= 0.3 is 0 Å². The van der Waals surface area contributed by atoms with Crippen LogP contribution < -0.4 is 0 Å². The fourth-order valence-corrected chi connectivity index (χ4v) is 15.4. The lowest BCUT2D eigenvalue weighted by molar-refractivity contribution is 1.02. The molecule has 0 unspecified atom stereocenters. The Kier molecular flexibility index (Phi) is 4.23. The Bertz CT molecular complexity index is 2800. The van der Waals surface area contributed by atoms with Crippen molar-refractivity contribution >= 4 is 73.4 Å². The Morgan fingerprint density at radius 1 is 0.578 bits per heavy atom. The van der Waals surface area contributed by atoms with Crippen LogP contribution in [0.15, 0.2) is 136 Å². The van der Waals surface area contributed by atoms with Crippen LogP contribution in [0.1, 0.15) is 0 Å². The van der Waals surface area contributed by atoms with E-state index >= 15 is 0 Å². The van der Waals surface area contributed by atoms with Crippen molar-refractivity contribution in [3.63, 3.8) is 0 Å². The van der Waals surface area contributed by atoms with E-state index in [2.05, 4.69) is 138 Å². The Balaban J connectivity index is 1.27. The molecule has 214 valence electrons. The third-order valence-electron chi connectivity index (χ3n) is 10.6. The number of nitrogens with zero attached hydrogens (tertiary/aromatic N) is 3. The van der Waals surface area contributed by atoms with Crippen LogP contribution in [0.5, 0.6) is 0 Å². The van der Waals surface area contributed by atoms with Crippen molar-refractivity contribution in [2.75, 3.05) is 12.5 Å². The van der Waals surface area contributed by atoms with Gasteiger partial charge in [0.25, 0.3) is 0 Å². The molecule has 0 atom stereocenters. The van der Waals surface area contributed by atoms with Gasteiger partial charge in [0.05, 0.1) is 16.7 Å². The molecule has 0 N–H and O–H groups in total. The van der Waals surface area contributed by atoms with Gasteiger partial charge < -0.3 is 0 Å². The highest BCUT2D eigenvalue weighted by Crippen LogP contribution is 3.01. The van der Waals surface area contributed by atoms with Crippen LogP contribution in [0.2, 0.25) is 0 Å². The van der Waals surface area contributed by atoms with Gasteiger partial charge in [0.1, 0.15) is 4.83 Å². The van der Waals surface area contributed by atoms with E-state index in [-0.39, 0.29) is 0 Å². The highest BCUT2D eigenvalue weighted by molar-refractivity contribution is 8.53. The van der Waals surface area contributed by atoms with Crippen molar-refractivity contribution < 1.29 is 0 Å². The molecule has 0 radical (unpaired) electrons. The summed E-state index contributed by atoms with van der Waals surface area (Å²) in [4.78, 5) is 16.5. The first-order chi connectivity index (χ1) is 22.0. The molecule has 0 saturated heterocycles. The fraction of sp³-hybridized carbons (Fsp3) is 0.0500. The highest BCUT2D eigenvalue weighted by Gasteiger charge is 2.60. The van der Waals surface area contributed by atoms with Gasteiger partial charge in [-0.05, 0) is 63.6 Å². The van der Waals surface area contributed by atoms with Crippen LogP contribution in [0, 0.1) is 0 Å². The van der Waals surface area contributed by atoms with Crippen molar-refractivity contribution in [3.8, 4) is 28.3 Å². The van der Waals surface area contributed by atoms with E-state index in [1.165, 1.54) is 42.8 Å². The number of hydrogen-bond donors (Lipinski definition) is 1. The smallest absolute Gasteiger partial charge is 0.236 e. The standard InChI is InChI=1S/C40H27N3S2/c1-45(2)33-19-11-8-14-24(33)29-22-28-25(37(45)38(29)45)20-21-31-34(28)26-15-6-9-17-30(26)43(31)40-41-36(23-12-4-3-5-13-23)35-27-16-7-10-18-32(27)44-39(35)42-40/h3-22,45H,1-2H3. The molecular formula is C40H27N3S2. The highest BCUT2D eigenvalue weighted by atomic mass is 32.3. The third kappa shape index (κ3) is 2.77. The molecule has 0 amide bonds. The summed E-state index contributed by atoms with van der Waals surface area (Å²) in [5.74, 6) is 0.716. The van der Waals surface area contributed by atoms with Crippen molar-refractivity contribution in [1.29, 1.82) is 0 Å². The maximum atomic E-state index is 5.40. The van der Waals surface area contributed by atoms with Crippen LogP contribution in [0.3, 0.4) is 0 Å². The van der Waals surface area contributed by atoms with E-state index in [1.807, 2.05) is 0 Å². The summed E-state index contributed by atoms with van der Waals surface area (Å²) in [5.41, 5.74) is 7.23.